The van der Waals surface area contributed by atoms with Crippen molar-refractivity contribution in [1.29, 1.82) is 0 Å². The Kier molecular flexibility index (Phi) is 8.26. The molecule has 7 rings (SSSR count). The molecule has 1 N–H and O–H groups in total. The Morgan fingerprint density at radius 2 is 1.38 bits per heavy atom. The number of hydrogen-bond acceptors (Lipinski definition) is 9. The van der Waals surface area contributed by atoms with Crippen LogP contribution < -0.4 is 19.3 Å². The summed E-state index contributed by atoms with van der Waals surface area (Å²) in [6.45, 7) is 0. The maximum absolute atomic E-state index is 15.3. The van der Waals surface area contributed by atoms with Crippen LogP contribution in [0.2, 0.25) is 0 Å². The van der Waals surface area contributed by atoms with E-state index in [1.54, 1.807) is 0 Å². The Morgan fingerprint density at radius 3 is 1.91 bits per heavy atom. The molecule has 0 radical (unpaired) electrons. The SMILES string of the molecule is COc1cc(C2C3=CCC4C(=O)N(c5ccc([N+](=O)[O-])cc5)C(=O)C4C3CC3(Cl)C(=O)N(c4c(F)c(F)c(F)c(F)c4F)C(=O)C23Cl)cc(OC)c1O. The highest BCUT2D eigenvalue weighted by Crippen LogP contribution is 2.66. The number of anilines is 2. The molecule has 3 aromatic rings. The van der Waals surface area contributed by atoms with E-state index in [2.05, 4.69) is 0 Å². The number of imide groups is 2. The van der Waals surface area contributed by atoms with Crippen LogP contribution in [0.5, 0.6) is 17.2 Å². The van der Waals surface area contributed by atoms with Crippen molar-refractivity contribution < 1.29 is 60.6 Å². The first-order chi connectivity index (χ1) is 25.0. The average Bonchev–Trinajstić information content (AvgIpc) is 3.48. The van der Waals surface area contributed by atoms with Crippen molar-refractivity contribution in [1.82, 2.24) is 0 Å². The van der Waals surface area contributed by atoms with Gasteiger partial charge in [0.1, 0.15) is 5.69 Å². The van der Waals surface area contributed by atoms with Gasteiger partial charge in [-0.25, -0.2) is 26.9 Å². The molecule has 2 heterocycles. The number of ether oxygens (including phenoxy) is 2. The lowest BCUT2D eigenvalue weighted by Gasteiger charge is -2.50. The van der Waals surface area contributed by atoms with Gasteiger partial charge in [-0.05, 0) is 48.6 Å². The summed E-state index contributed by atoms with van der Waals surface area (Å²) < 4.78 is 84.1. The highest BCUT2D eigenvalue weighted by Gasteiger charge is 2.77. The van der Waals surface area contributed by atoms with Gasteiger partial charge in [0.15, 0.2) is 44.5 Å². The number of nitro groups is 1. The third kappa shape index (κ3) is 4.65. The number of allylic oxidation sites excluding steroid dienone is 2. The molecule has 2 saturated heterocycles. The Morgan fingerprint density at radius 1 is 0.830 bits per heavy atom. The summed E-state index contributed by atoms with van der Waals surface area (Å²) in [6.07, 6.45) is 0.572. The number of phenols is 1. The van der Waals surface area contributed by atoms with Gasteiger partial charge in [-0.2, -0.15) is 0 Å². The number of rotatable bonds is 6. The number of carbonyl (C=O) groups is 4. The van der Waals surface area contributed by atoms with Crippen LogP contribution >= 0.6 is 23.2 Å². The Bertz CT molecular complexity index is 2190. The van der Waals surface area contributed by atoms with Crippen molar-refractivity contribution in [2.24, 2.45) is 17.8 Å². The standard InChI is InChI=1S/C34H22Cl2F5N3O9/c1-52-18-9-12(10-19(53-2)28(18)45)21-15-7-8-16-20(30(47)42(29(16)46)13-3-5-14(6-4-13)44(50)51)17(15)11-33(35)31(48)43(32(49)34(21,33)36)27-25(40)23(38)22(37)24(39)26(27)41/h3-7,9-10,16-17,20-21,45H,8,11H2,1-2H3. The van der Waals surface area contributed by atoms with Crippen LogP contribution in [-0.2, 0) is 19.2 Å². The van der Waals surface area contributed by atoms with Gasteiger partial charge in [-0.3, -0.25) is 34.2 Å². The summed E-state index contributed by atoms with van der Waals surface area (Å²) in [5, 5.41) is 21.9. The van der Waals surface area contributed by atoms with Crippen molar-refractivity contribution in [2.45, 2.75) is 28.5 Å². The molecule has 2 aliphatic carbocycles. The second-order valence-electron chi connectivity index (χ2n) is 12.8. The minimum absolute atomic E-state index is 0.0150. The number of phenolic OH excluding ortho intramolecular Hbond substituents is 1. The van der Waals surface area contributed by atoms with E-state index in [0.717, 1.165) is 17.0 Å². The molecule has 6 atom stereocenters. The third-order valence-corrected chi connectivity index (χ3v) is 11.8. The van der Waals surface area contributed by atoms with Gasteiger partial charge in [0.25, 0.3) is 17.5 Å². The average molecular weight is 782 g/mol. The molecule has 3 fully saturated rings. The van der Waals surface area contributed by atoms with Gasteiger partial charge in [-0.1, -0.05) is 11.6 Å². The lowest BCUT2D eigenvalue weighted by Crippen LogP contribution is -2.60. The molecule has 53 heavy (non-hydrogen) atoms. The summed E-state index contributed by atoms with van der Waals surface area (Å²) in [5.41, 5.74) is -2.19. The predicted molar refractivity (Wildman–Crippen MR) is 173 cm³/mol. The minimum Gasteiger partial charge on any atom is -0.502 e. The summed E-state index contributed by atoms with van der Waals surface area (Å²) in [6, 6.07) is 6.90. The van der Waals surface area contributed by atoms with E-state index in [-0.39, 0.29) is 45.3 Å². The maximum Gasteiger partial charge on any atom is 0.269 e. The van der Waals surface area contributed by atoms with Crippen LogP contribution in [0.3, 0.4) is 0 Å². The molecule has 0 spiro atoms. The van der Waals surface area contributed by atoms with E-state index >= 15 is 8.78 Å². The summed E-state index contributed by atoms with van der Waals surface area (Å²) in [7, 11) is 2.33. The van der Waals surface area contributed by atoms with Crippen molar-refractivity contribution in [3.63, 3.8) is 0 Å². The van der Waals surface area contributed by atoms with Crippen molar-refractivity contribution in [3.8, 4) is 17.2 Å². The zero-order valence-corrected chi connectivity index (χ0v) is 28.5. The number of halogens is 7. The molecule has 1 saturated carbocycles. The normalized spacial score (nSPS) is 27.8. The van der Waals surface area contributed by atoms with E-state index in [1.165, 1.54) is 44.6 Å². The first-order valence-corrected chi connectivity index (χ1v) is 16.3. The maximum atomic E-state index is 15.3. The fraction of sp³-hybridized carbons (Fsp3) is 0.294. The Balaban J connectivity index is 1.44. The molecule has 3 aromatic carbocycles. The van der Waals surface area contributed by atoms with E-state index in [9.17, 15) is 47.6 Å². The Labute approximate surface area is 304 Å². The number of nitro benzene ring substituents is 1. The van der Waals surface area contributed by atoms with Gasteiger partial charge >= 0.3 is 0 Å². The number of amides is 4. The van der Waals surface area contributed by atoms with Crippen LogP contribution in [0, 0.1) is 57.0 Å². The van der Waals surface area contributed by atoms with Crippen LogP contribution in [-0.4, -0.2) is 57.6 Å². The molecule has 276 valence electrons. The van der Waals surface area contributed by atoms with Crippen molar-refractivity contribution >= 4 is 63.9 Å². The van der Waals surface area contributed by atoms with E-state index in [1.807, 2.05) is 0 Å². The lowest BCUT2D eigenvalue weighted by atomic mass is 9.56. The highest BCUT2D eigenvalue weighted by molar-refractivity contribution is 6.58. The van der Waals surface area contributed by atoms with Crippen LogP contribution in [0.4, 0.5) is 39.0 Å². The summed E-state index contributed by atoms with van der Waals surface area (Å²) in [5.74, 6) is -23.8. The van der Waals surface area contributed by atoms with Gasteiger partial charge < -0.3 is 14.6 Å². The van der Waals surface area contributed by atoms with Crippen molar-refractivity contribution in [2.75, 3.05) is 24.0 Å². The number of aromatic hydroxyl groups is 1. The van der Waals surface area contributed by atoms with E-state index in [0.29, 0.717) is 0 Å². The van der Waals surface area contributed by atoms with Crippen LogP contribution in [0.15, 0.2) is 48.0 Å². The number of alkyl halides is 2. The largest absolute Gasteiger partial charge is 0.502 e. The Hall–Kier alpha value is -5.29. The first kappa shape index (κ1) is 36.1. The minimum atomic E-state index is -2.82. The number of hydrogen-bond donors (Lipinski definition) is 1. The molecule has 2 aliphatic heterocycles. The fourth-order valence-corrected chi connectivity index (χ4v) is 8.93. The second-order valence-corrected chi connectivity index (χ2v) is 14.0. The second kappa shape index (κ2) is 12.1. The highest BCUT2D eigenvalue weighted by atomic mass is 35.5. The van der Waals surface area contributed by atoms with Gasteiger partial charge in [0, 0.05) is 18.1 Å². The number of nitrogens with zero attached hydrogens (tertiary/aromatic N) is 3. The number of carbonyl (C=O) groups excluding carboxylic acids is 4. The van der Waals surface area contributed by atoms with Crippen LogP contribution in [0.25, 0.3) is 0 Å². The number of methoxy groups -OCH3 is 2. The molecular weight excluding hydrogens is 760 g/mol. The van der Waals surface area contributed by atoms with Crippen molar-refractivity contribution in [3.05, 3.63) is 92.8 Å². The topological polar surface area (TPSA) is 157 Å². The molecule has 12 nitrogen and oxygen atoms in total. The molecule has 0 aromatic heterocycles. The van der Waals surface area contributed by atoms with Crippen LogP contribution in [0.1, 0.15) is 24.3 Å². The summed E-state index contributed by atoms with van der Waals surface area (Å²) in [4.78, 5) is 62.3. The zero-order chi connectivity index (χ0) is 38.6. The van der Waals surface area contributed by atoms with E-state index < -0.39 is 109 Å². The summed E-state index contributed by atoms with van der Waals surface area (Å²) >= 11 is 14.3. The third-order valence-electron chi connectivity index (χ3n) is 10.4. The smallest absolute Gasteiger partial charge is 0.269 e. The number of fused-ring (bicyclic) bond motifs is 4. The first-order valence-electron chi connectivity index (χ1n) is 15.5. The molecule has 19 heteroatoms. The monoisotopic (exact) mass is 781 g/mol. The number of benzene rings is 3. The molecule has 4 aliphatic rings. The lowest BCUT2D eigenvalue weighted by molar-refractivity contribution is -0.384. The number of non-ortho nitro benzene ring substituents is 1. The van der Waals surface area contributed by atoms with E-state index in [4.69, 9.17) is 32.7 Å². The molecule has 0 bridgehead atoms. The van der Waals surface area contributed by atoms with Gasteiger partial charge in [-0.15, -0.1) is 23.2 Å². The fourth-order valence-electron chi connectivity index (χ4n) is 8.00. The molecule has 4 amide bonds. The zero-order valence-electron chi connectivity index (χ0n) is 27.0. The predicted octanol–water partition coefficient (Wildman–Crippen LogP) is 5.78. The quantitative estimate of drug-likeness (QED) is 0.0479. The molecular formula is C34H22Cl2F5N3O9. The van der Waals surface area contributed by atoms with Gasteiger partial charge in [0.05, 0.1) is 36.7 Å². The molecule has 6 unspecified atom stereocenters. The van der Waals surface area contributed by atoms with Gasteiger partial charge in [0.2, 0.25) is 23.4 Å².